The van der Waals surface area contributed by atoms with Crippen molar-refractivity contribution >= 4 is 0 Å². The van der Waals surface area contributed by atoms with Gasteiger partial charge in [-0.05, 0) is 51.6 Å². The topological polar surface area (TPSA) is 44.7 Å². The van der Waals surface area contributed by atoms with E-state index in [4.69, 9.17) is 4.74 Å². The van der Waals surface area contributed by atoms with E-state index in [-0.39, 0.29) is 18.1 Å². The smallest absolute Gasteiger partial charge is 0.119 e. The van der Waals surface area contributed by atoms with Gasteiger partial charge in [0, 0.05) is 30.7 Å². The van der Waals surface area contributed by atoms with Crippen molar-refractivity contribution in [3.63, 3.8) is 0 Å². The third-order valence-corrected chi connectivity index (χ3v) is 5.06. The van der Waals surface area contributed by atoms with Crippen molar-refractivity contribution in [1.29, 1.82) is 0 Å². The Balaban J connectivity index is 1.95. The van der Waals surface area contributed by atoms with Crippen LogP contribution < -0.4 is 10.1 Å². The number of ether oxygens (including phenoxy) is 1. The first-order chi connectivity index (χ1) is 10.9. The predicted molar refractivity (Wildman–Crippen MR) is 94.9 cm³/mol. The summed E-state index contributed by atoms with van der Waals surface area (Å²) in [6.45, 7) is 6.24. The number of hydrogen-bond donors (Lipinski definition) is 2. The highest BCUT2D eigenvalue weighted by Crippen LogP contribution is 2.38. The number of aliphatic hydroxyl groups excluding tert-OH is 1. The summed E-state index contributed by atoms with van der Waals surface area (Å²) in [4.78, 5) is 2.11. The van der Waals surface area contributed by atoms with Gasteiger partial charge < -0.3 is 20.1 Å². The zero-order chi connectivity index (χ0) is 16.9. The van der Waals surface area contributed by atoms with E-state index in [1.54, 1.807) is 0 Å². The molecular weight excluding hydrogens is 288 g/mol. The molecule has 1 aliphatic carbocycles. The van der Waals surface area contributed by atoms with Gasteiger partial charge in [0.15, 0.2) is 0 Å². The summed E-state index contributed by atoms with van der Waals surface area (Å²) < 4.78 is 5.83. The average molecular weight is 320 g/mol. The molecule has 1 fully saturated rings. The third kappa shape index (κ3) is 4.93. The Morgan fingerprint density at radius 1 is 1.43 bits per heavy atom. The van der Waals surface area contributed by atoms with Crippen molar-refractivity contribution in [2.45, 2.75) is 45.2 Å². The van der Waals surface area contributed by atoms with Gasteiger partial charge in [0.1, 0.15) is 12.4 Å². The molecule has 0 radical (unpaired) electrons. The SMILES string of the molecule is CC(NC1CCCC1(C)CO)c1cccc(OCCN(C)C)c1. The fourth-order valence-corrected chi connectivity index (χ4v) is 3.32. The molecule has 2 rings (SSSR count). The van der Waals surface area contributed by atoms with Crippen LogP contribution in [0.2, 0.25) is 0 Å². The molecule has 1 aromatic carbocycles. The lowest BCUT2D eigenvalue weighted by atomic mass is 9.85. The summed E-state index contributed by atoms with van der Waals surface area (Å²) >= 11 is 0. The minimum absolute atomic E-state index is 0.00802. The van der Waals surface area contributed by atoms with Crippen LogP contribution in [0.25, 0.3) is 0 Å². The first kappa shape index (κ1) is 18.2. The molecule has 2 N–H and O–H groups in total. The molecule has 1 aromatic rings. The van der Waals surface area contributed by atoms with Gasteiger partial charge >= 0.3 is 0 Å². The number of nitrogens with zero attached hydrogens (tertiary/aromatic N) is 1. The predicted octanol–water partition coefficient (Wildman–Crippen LogP) is 2.83. The lowest BCUT2D eigenvalue weighted by Crippen LogP contribution is -2.42. The third-order valence-electron chi connectivity index (χ3n) is 5.06. The number of benzene rings is 1. The molecule has 3 atom stereocenters. The van der Waals surface area contributed by atoms with E-state index in [2.05, 4.69) is 42.3 Å². The molecule has 0 saturated heterocycles. The van der Waals surface area contributed by atoms with Gasteiger partial charge in [0.25, 0.3) is 0 Å². The van der Waals surface area contributed by atoms with E-state index in [9.17, 15) is 5.11 Å². The van der Waals surface area contributed by atoms with Crippen LogP contribution in [-0.2, 0) is 0 Å². The molecule has 4 heteroatoms. The normalized spacial score (nSPS) is 25.7. The molecular formula is C19H32N2O2. The molecule has 0 amide bonds. The Bertz CT molecular complexity index is 492. The van der Waals surface area contributed by atoms with Crippen molar-refractivity contribution < 1.29 is 9.84 Å². The van der Waals surface area contributed by atoms with E-state index in [0.717, 1.165) is 25.1 Å². The van der Waals surface area contributed by atoms with Gasteiger partial charge in [-0.2, -0.15) is 0 Å². The molecule has 0 heterocycles. The fraction of sp³-hybridized carbons (Fsp3) is 0.684. The average Bonchev–Trinajstić information content (AvgIpc) is 2.89. The van der Waals surface area contributed by atoms with Gasteiger partial charge in [-0.25, -0.2) is 0 Å². The molecule has 23 heavy (non-hydrogen) atoms. The maximum Gasteiger partial charge on any atom is 0.119 e. The highest BCUT2D eigenvalue weighted by Gasteiger charge is 2.38. The summed E-state index contributed by atoms with van der Waals surface area (Å²) in [5.74, 6) is 0.925. The summed E-state index contributed by atoms with van der Waals surface area (Å²) in [6.07, 6.45) is 3.43. The Morgan fingerprint density at radius 3 is 2.91 bits per heavy atom. The summed E-state index contributed by atoms with van der Waals surface area (Å²) in [7, 11) is 4.09. The lowest BCUT2D eigenvalue weighted by molar-refractivity contribution is 0.114. The molecule has 0 aromatic heterocycles. The Kier molecular flexibility index (Phi) is 6.45. The van der Waals surface area contributed by atoms with Gasteiger partial charge in [-0.3, -0.25) is 0 Å². The fourth-order valence-electron chi connectivity index (χ4n) is 3.32. The van der Waals surface area contributed by atoms with Crippen LogP contribution in [0.1, 0.15) is 44.7 Å². The summed E-state index contributed by atoms with van der Waals surface area (Å²) in [5.41, 5.74) is 1.24. The highest BCUT2D eigenvalue weighted by atomic mass is 16.5. The van der Waals surface area contributed by atoms with E-state index >= 15 is 0 Å². The Morgan fingerprint density at radius 2 is 2.22 bits per heavy atom. The number of rotatable bonds is 8. The molecule has 0 aliphatic heterocycles. The van der Waals surface area contributed by atoms with Crippen LogP contribution in [0.4, 0.5) is 0 Å². The van der Waals surface area contributed by atoms with Crippen LogP contribution in [0, 0.1) is 5.41 Å². The number of nitrogens with one attached hydrogen (secondary N) is 1. The standard InChI is InChI=1S/C19H32N2O2/c1-15(20-18-9-6-10-19(18,2)14-22)16-7-5-8-17(13-16)23-12-11-21(3)4/h5,7-8,13,15,18,20,22H,6,9-12,14H2,1-4H3. The molecule has 4 nitrogen and oxygen atoms in total. The second kappa shape index (κ2) is 8.13. The zero-order valence-electron chi connectivity index (χ0n) is 15.0. The maximum absolute atomic E-state index is 9.70. The van der Waals surface area contributed by atoms with Crippen molar-refractivity contribution in [2.75, 3.05) is 33.9 Å². The largest absolute Gasteiger partial charge is 0.492 e. The van der Waals surface area contributed by atoms with Gasteiger partial charge in [-0.15, -0.1) is 0 Å². The molecule has 0 bridgehead atoms. The second-order valence-corrected chi connectivity index (χ2v) is 7.37. The Hall–Kier alpha value is -1.10. The zero-order valence-corrected chi connectivity index (χ0v) is 15.0. The van der Waals surface area contributed by atoms with Crippen LogP contribution in [0.15, 0.2) is 24.3 Å². The first-order valence-corrected chi connectivity index (χ1v) is 8.69. The lowest BCUT2D eigenvalue weighted by Gasteiger charge is -2.32. The van der Waals surface area contributed by atoms with Gasteiger partial charge in [0.05, 0.1) is 0 Å². The summed E-state index contributed by atoms with van der Waals surface area (Å²) in [5, 5.41) is 13.4. The number of likely N-dealkylation sites (N-methyl/N-ethyl adjacent to an activating group) is 1. The quantitative estimate of drug-likeness (QED) is 0.773. The van der Waals surface area contributed by atoms with Crippen LogP contribution in [0.5, 0.6) is 5.75 Å². The monoisotopic (exact) mass is 320 g/mol. The minimum Gasteiger partial charge on any atom is -0.492 e. The maximum atomic E-state index is 9.70. The van der Waals surface area contributed by atoms with Crippen molar-refractivity contribution in [2.24, 2.45) is 5.41 Å². The first-order valence-electron chi connectivity index (χ1n) is 8.69. The van der Waals surface area contributed by atoms with E-state index in [1.807, 2.05) is 20.2 Å². The summed E-state index contributed by atoms with van der Waals surface area (Å²) in [6, 6.07) is 8.96. The number of hydrogen-bond acceptors (Lipinski definition) is 4. The van der Waals surface area contributed by atoms with Crippen LogP contribution in [0.3, 0.4) is 0 Å². The van der Waals surface area contributed by atoms with E-state index < -0.39 is 0 Å². The van der Waals surface area contributed by atoms with Crippen molar-refractivity contribution in [3.05, 3.63) is 29.8 Å². The van der Waals surface area contributed by atoms with Gasteiger partial charge in [0.2, 0.25) is 0 Å². The van der Waals surface area contributed by atoms with E-state index in [0.29, 0.717) is 12.6 Å². The molecule has 130 valence electrons. The van der Waals surface area contributed by atoms with E-state index in [1.165, 1.54) is 12.0 Å². The van der Waals surface area contributed by atoms with Crippen LogP contribution >= 0.6 is 0 Å². The van der Waals surface area contributed by atoms with Crippen molar-refractivity contribution in [1.82, 2.24) is 10.2 Å². The Labute approximate surface area is 140 Å². The van der Waals surface area contributed by atoms with Crippen molar-refractivity contribution in [3.8, 4) is 5.75 Å². The molecule has 1 aliphatic rings. The number of aliphatic hydroxyl groups is 1. The molecule has 1 saturated carbocycles. The van der Waals surface area contributed by atoms with Gasteiger partial charge in [-0.1, -0.05) is 25.5 Å². The van der Waals surface area contributed by atoms with Crippen LogP contribution in [-0.4, -0.2) is 49.9 Å². The minimum atomic E-state index is 0.00802. The second-order valence-electron chi connectivity index (χ2n) is 7.37. The molecule has 0 spiro atoms. The molecule has 3 unspecified atom stereocenters. The highest BCUT2D eigenvalue weighted by molar-refractivity contribution is 5.30.